The molecular formula is C14H22N2O4. The van der Waals surface area contributed by atoms with Crippen molar-refractivity contribution in [2.75, 3.05) is 6.61 Å². The van der Waals surface area contributed by atoms with Crippen LogP contribution in [0.5, 0.6) is 0 Å². The van der Waals surface area contributed by atoms with Gasteiger partial charge in [-0.05, 0) is 40.2 Å². The zero-order valence-corrected chi connectivity index (χ0v) is 12.5. The van der Waals surface area contributed by atoms with Crippen molar-refractivity contribution in [3.05, 3.63) is 22.5 Å². The molecule has 0 unspecified atom stereocenters. The fraction of sp³-hybridized carbons (Fsp3) is 0.571. The number of esters is 1. The number of H-pyrrole nitrogens is 1. The molecule has 0 fully saturated rings. The highest BCUT2D eigenvalue weighted by Crippen LogP contribution is 2.24. The number of aryl methyl sites for hydroxylation is 1. The van der Waals surface area contributed by atoms with Gasteiger partial charge in [-0.2, -0.15) is 0 Å². The van der Waals surface area contributed by atoms with E-state index in [0.29, 0.717) is 11.1 Å². The zero-order valence-electron chi connectivity index (χ0n) is 12.5. The number of aromatic nitrogens is 1. The molecule has 0 saturated carbocycles. The summed E-state index contributed by atoms with van der Waals surface area (Å²) in [6, 6.07) is -0.00230. The molecule has 6 heteroatoms. The van der Waals surface area contributed by atoms with Crippen LogP contribution in [-0.2, 0) is 9.53 Å². The summed E-state index contributed by atoms with van der Waals surface area (Å²) < 4.78 is 4.96. The fourth-order valence-electron chi connectivity index (χ4n) is 2.16. The first-order valence-electron chi connectivity index (χ1n) is 6.57. The topological polar surface area (TPSA) is 91.4 Å². The molecule has 20 heavy (non-hydrogen) atoms. The van der Waals surface area contributed by atoms with Gasteiger partial charge in [0.15, 0.2) is 6.61 Å². The van der Waals surface area contributed by atoms with E-state index in [0.717, 1.165) is 5.69 Å². The molecule has 1 atom stereocenters. The maximum Gasteiger partial charge on any atom is 0.355 e. The number of aliphatic hydroxyl groups excluding tert-OH is 1. The number of carbonyl (C=O) groups is 2. The molecule has 1 amide bonds. The summed E-state index contributed by atoms with van der Waals surface area (Å²) >= 11 is 0. The van der Waals surface area contributed by atoms with Crippen molar-refractivity contribution in [1.82, 2.24) is 10.3 Å². The molecule has 1 heterocycles. The Balaban J connectivity index is 2.74. The number of hydrogen-bond acceptors (Lipinski definition) is 4. The van der Waals surface area contributed by atoms with E-state index in [9.17, 15) is 14.7 Å². The second-order valence-corrected chi connectivity index (χ2v) is 5.14. The Morgan fingerprint density at radius 1 is 1.30 bits per heavy atom. The van der Waals surface area contributed by atoms with E-state index in [2.05, 4.69) is 10.3 Å². The fourth-order valence-corrected chi connectivity index (χ4v) is 2.16. The first-order chi connectivity index (χ1) is 9.23. The van der Waals surface area contributed by atoms with Gasteiger partial charge >= 0.3 is 5.97 Å². The van der Waals surface area contributed by atoms with Crippen LogP contribution in [0, 0.1) is 13.8 Å². The van der Waals surface area contributed by atoms with Crippen LogP contribution in [0.25, 0.3) is 0 Å². The lowest BCUT2D eigenvalue weighted by Crippen LogP contribution is -2.34. The lowest BCUT2D eigenvalue weighted by atomic mass is 10.1. The van der Waals surface area contributed by atoms with Crippen LogP contribution in [0.1, 0.15) is 54.2 Å². The number of hydrogen-bond donors (Lipinski definition) is 3. The molecule has 0 bridgehead atoms. The molecule has 112 valence electrons. The van der Waals surface area contributed by atoms with E-state index in [1.54, 1.807) is 20.8 Å². The number of nitrogens with one attached hydrogen (secondary N) is 2. The van der Waals surface area contributed by atoms with Gasteiger partial charge in [0.25, 0.3) is 5.91 Å². The van der Waals surface area contributed by atoms with Crippen molar-refractivity contribution in [2.45, 2.75) is 46.8 Å². The first kappa shape index (κ1) is 16.2. The van der Waals surface area contributed by atoms with E-state index in [4.69, 9.17) is 4.74 Å². The predicted octanol–water partition coefficient (Wildman–Crippen LogP) is 1.37. The van der Waals surface area contributed by atoms with Gasteiger partial charge in [0.1, 0.15) is 5.69 Å². The third kappa shape index (κ3) is 3.84. The van der Waals surface area contributed by atoms with Crippen molar-refractivity contribution in [1.29, 1.82) is 0 Å². The van der Waals surface area contributed by atoms with Crippen LogP contribution in [0.2, 0.25) is 0 Å². The highest BCUT2D eigenvalue weighted by Gasteiger charge is 2.21. The average molecular weight is 282 g/mol. The Morgan fingerprint density at radius 2 is 1.90 bits per heavy atom. The molecule has 1 rings (SSSR count). The summed E-state index contributed by atoms with van der Waals surface area (Å²) in [5.74, 6) is -0.943. The summed E-state index contributed by atoms with van der Waals surface area (Å²) in [4.78, 5) is 26.2. The van der Waals surface area contributed by atoms with Gasteiger partial charge in [-0.15, -0.1) is 0 Å². The molecule has 0 aliphatic rings. The summed E-state index contributed by atoms with van der Waals surface area (Å²) in [6.07, 6.45) is -0.669. The molecule has 1 aromatic heterocycles. The monoisotopic (exact) mass is 282 g/mol. The van der Waals surface area contributed by atoms with Crippen LogP contribution in [0.4, 0.5) is 0 Å². The summed E-state index contributed by atoms with van der Waals surface area (Å²) in [5, 5.41) is 12.3. The lowest BCUT2D eigenvalue weighted by Gasteiger charge is -2.09. The van der Waals surface area contributed by atoms with Crippen LogP contribution >= 0.6 is 0 Å². The van der Waals surface area contributed by atoms with Crippen molar-refractivity contribution >= 4 is 11.9 Å². The van der Waals surface area contributed by atoms with Crippen molar-refractivity contribution in [3.8, 4) is 0 Å². The normalized spacial score (nSPS) is 12.3. The molecule has 0 aliphatic heterocycles. The largest absolute Gasteiger partial charge is 0.451 e. The Kier molecular flexibility index (Phi) is 5.33. The zero-order chi connectivity index (χ0) is 15.4. The molecule has 6 nitrogen and oxygen atoms in total. The number of aromatic amines is 1. The lowest BCUT2D eigenvalue weighted by molar-refractivity contribution is -0.124. The highest BCUT2D eigenvalue weighted by molar-refractivity contribution is 5.91. The van der Waals surface area contributed by atoms with Gasteiger partial charge in [0, 0.05) is 17.3 Å². The minimum Gasteiger partial charge on any atom is -0.451 e. The Bertz CT molecular complexity index is 504. The Morgan fingerprint density at radius 3 is 2.35 bits per heavy atom. The second kappa shape index (κ2) is 6.56. The standard InChI is InChI=1S/C14H22N2O4/c1-7(2)15-11(18)6-20-14(19)13-8(3)12(10(5)17)9(4)16-13/h7,10,16-17H,6H2,1-5H3,(H,15,18)/t10-/m1/s1. The SMILES string of the molecule is Cc1[nH]c(C(=O)OCC(=O)NC(C)C)c(C)c1[C@@H](C)O. The molecule has 0 saturated heterocycles. The van der Waals surface area contributed by atoms with Gasteiger partial charge in [0.05, 0.1) is 6.10 Å². The van der Waals surface area contributed by atoms with Crippen LogP contribution in [0.15, 0.2) is 0 Å². The Labute approximate surface area is 118 Å². The van der Waals surface area contributed by atoms with E-state index < -0.39 is 12.1 Å². The third-order valence-electron chi connectivity index (χ3n) is 2.90. The third-order valence-corrected chi connectivity index (χ3v) is 2.90. The maximum absolute atomic E-state index is 11.9. The number of carbonyl (C=O) groups excluding carboxylic acids is 2. The highest BCUT2D eigenvalue weighted by atomic mass is 16.5. The second-order valence-electron chi connectivity index (χ2n) is 5.14. The van der Waals surface area contributed by atoms with Gasteiger partial charge in [-0.1, -0.05) is 0 Å². The maximum atomic E-state index is 11.9. The quantitative estimate of drug-likeness (QED) is 0.711. The molecule has 0 aliphatic carbocycles. The molecule has 3 N–H and O–H groups in total. The number of ether oxygens (including phenoxy) is 1. The van der Waals surface area contributed by atoms with Crippen molar-refractivity contribution < 1.29 is 19.4 Å². The summed E-state index contributed by atoms with van der Waals surface area (Å²) in [5.41, 5.74) is 2.32. The van der Waals surface area contributed by atoms with E-state index in [1.165, 1.54) is 0 Å². The minimum atomic E-state index is -0.669. The molecule has 0 aromatic carbocycles. The van der Waals surface area contributed by atoms with Gasteiger partial charge in [0.2, 0.25) is 0 Å². The molecular weight excluding hydrogens is 260 g/mol. The van der Waals surface area contributed by atoms with Crippen LogP contribution in [0.3, 0.4) is 0 Å². The van der Waals surface area contributed by atoms with Crippen LogP contribution < -0.4 is 5.32 Å². The van der Waals surface area contributed by atoms with E-state index in [1.807, 2.05) is 13.8 Å². The smallest absolute Gasteiger partial charge is 0.355 e. The summed E-state index contributed by atoms with van der Waals surface area (Å²) in [6.45, 7) is 8.47. The summed E-state index contributed by atoms with van der Waals surface area (Å²) in [7, 11) is 0. The Hall–Kier alpha value is -1.82. The van der Waals surface area contributed by atoms with Gasteiger partial charge in [-0.25, -0.2) is 4.79 Å². The van der Waals surface area contributed by atoms with Crippen molar-refractivity contribution in [2.24, 2.45) is 0 Å². The molecule has 0 radical (unpaired) electrons. The number of rotatable bonds is 5. The predicted molar refractivity (Wildman–Crippen MR) is 74.5 cm³/mol. The first-order valence-corrected chi connectivity index (χ1v) is 6.57. The van der Waals surface area contributed by atoms with E-state index >= 15 is 0 Å². The molecule has 1 aromatic rings. The van der Waals surface area contributed by atoms with Gasteiger partial charge in [-0.3, -0.25) is 4.79 Å². The minimum absolute atomic E-state index is 0.00230. The number of amides is 1. The van der Waals surface area contributed by atoms with E-state index in [-0.39, 0.29) is 24.2 Å². The van der Waals surface area contributed by atoms with Crippen molar-refractivity contribution in [3.63, 3.8) is 0 Å². The molecule has 0 spiro atoms. The number of aliphatic hydroxyl groups is 1. The average Bonchev–Trinajstić information content (AvgIpc) is 2.60. The van der Waals surface area contributed by atoms with Gasteiger partial charge < -0.3 is 20.1 Å². The van der Waals surface area contributed by atoms with Crippen LogP contribution in [-0.4, -0.2) is 34.6 Å².